The van der Waals surface area contributed by atoms with Crippen LogP contribution in [-0.2, 0) is 28.3 Å². The first kappa shape index (κ1) is 17.5. The monoisotopic (exact) mass is 406 g/mol. The van der Waals surface area contributed by atoms with E-state index in [4.69, 9.17) is 19.2 Å². The highest BCUT2D eigenvalue weighted by Gasteiger charge is 2.39. The van der Waals surface area contributed by atoms with Crippen molar-refractivity contribution in [1.82, 2.24) is 9.55 Å². The summed E-state index contributed by atoms with van der Waals surface area (Å²) in [4.78, 5) is 30.1. The highest BCUT2D eigenvalue weighted by molar-refractivity contribution is 5.87. The van der Waals surface area contributed by atoms with Crippen molar-refractivity contribution in [2.75, 3.05) is 6.79 Å². The molecule has 8 heteroatoms. The Balaban J connectivity index is 1.59. The Bertz CT molecular complexity index is 1330. The molecular weight excluding hydrogens is 388 g/mol. The Morgan fingerprint density at radius 2 is 1.93 bits per heavy atom. The SMILES string of the molecule is CCC1(O)CC(=O)OCc2c1cc1n(c2=O)Cc2cc3cc4c(cc3nc2-1)OCO4. The normalized spacial score (nSPS) is 21.1. The summed E-state index contributed by atoms with van der Waals surface area (Å²) in [6.45, 7) is 2.21. The molecule has 1 atom stereocenters. The number of hydrogen-bond donors (Lipinski definition) is 1. The van der Waals surface area contributed by atoms with Crippen LogP contribution in [0.25, 0.3) is 22.3 Å². The molecular formula is C22H18N2O6. The van der Waals surface area contributed by atoms with E-state index in [1.807, 2.05) is 18.2 Å². The van der Waals surface area contributed by atoms with E-state index in [0.29, 0.717) is 47.0 Å². The number of carbonyl (C=O) groups is 1. The molecule has 3 aliphatic rings. The van der Waals surface area contributed by atoms with E-state index < -0.39 is 11.6 Å². The van der Waals surface area contributed by atoms with Crippen molar-refractivity contribution in [3.05, 3.63) is 51.3 Å². The highest BCUT2D eigenvalue weighted by atomic mass is 16.7. The number of hydrogen-bond acceptors (Lipinski definition) is 7. The fourth-order valence-corrected chi connectivity index (χ4v) is 4.57. The van der Waals surface area contributed by atoms with Crippen molar-refractivity contribution in [2.24, 2.45) is 0 Å². The van der Waals surface area contributed by atoms with Gasteiger partial charge >= 0.3 is 5.97 Å². The molecule has 0 spiro atoms. The topological polar surface area (TPSA) is 99.9 Å². The van der Waals surface area contributed by atoms with Crippen LogP contribution in [0.2, 0.25) is 0 Å². The van der Waals surface area contributed by atoms with Gasteiger partial charge in [-0.25, -0.2) is 4.98 Å². The summed E-state index contributed by atoms with van der Waals surface area (Å²) >= 11 is 0. The average molecular weight is 406 g/mol. The van der Waals surface area contributed by atoms with Crippen LogP contribution < -0.4 is 15.0 Å². The van der Waals surface area contributed by atoms with Gasteiger partial charge in [0.25, 0.3) is 5.56 Å². The third-order valence-electron chi connectivity index (χ3n) is 6.26. The van der Waals surface area contributed by atoms with Gasteiger partial charge in [0.2, 0.25) is 6.79 Å². The van der Waals surface area contributed by atoms with E-state index in [1.165, 1.54) is 0 Å². The molecule has 6 rings (SSSR count). The van der Waals surface area contributed by atoms with Crippen molar-refractivity contribution in [3.63, 3.8) is 0 Å². The first-order valence-electron chi connectivity index (χ1n) is 9.86. The van der Waals surface area contributed by atoms with Crippen molar-refractivity contribution >= 4 is 16.9 Å². The molecule has 30 heavy (non-hydrogen) atoms. The van der Waals surface area contributed by atoms with Gasteiger partial charge in [0, 0.05) is 17.0 Å². The zero-order valence-electron chi connectivity index (χ0n) is 16.2. The third-order valence-corrected chi connectivity index (χ3v) is 6.26. The summed E-state index contributed by atoms with van der Waals surface area (Å²) in [6.07, 6.45) is 0.111. The first-order valence-corrected chi connectivity index (χ1v) is 9.86. The van der Waals surface area contributed by atoms with E-state index in [1.54, 1.807) is 17.6 Å². The summed E-state index contributed by atoms with van der Waals surface area (Å²) in [7, 11) is 0. The van der Waals surface area contributed by atoms with Gasteiger partial charge in [0.1, 0.15) is 12.2 Å². The maximum atomic E-state index is 13.3. The number of pyridine rings is 2. The molecule has 152 valence electrons. The number of aliphatic hydroxyl groups is 1. The number of aromatic nitrogens is 2. The molecule has 0 saturated carbocycles. The smallest absolute Gasteiger partial charge is 0.309 e. The molecule has 1 aromatic carbocycles. The number of benzene rings is 1. The quantitative estimate of drug-likeness (QED) is 0.484. The fraction of sp³-hybridized carbons (Fsp3) is 0.318. The largest absolute Gasteiger partial charge is 0.460 e. The Morgan fingerprint density at radius 1 is 1.13 bits per heavy atom. The molecule has 0 radical (unpaired) electrons. The van der Waals surface area contributed by atoms with E-state index in [0.717, 1.165) is 16.5 Å². The zero-order valence-corrected chi connectivity index (χ0v) is 16.2. The van der Waals surface area contributed by atoms with E-state index in [2.05, 4.69) is 0 Å². The van der Waals surface area contributed by atoms with Gasteiger partial charge in [-0.2, -0.15) is 0 Å². The minimum atomic E-state index is -1.44. The molecule has 1 N–H and O–H groups in total. The van der Waals surface area contributed by atoms with Gasteiger partial charge in [0.15, 0.2) is 11.5 Å². The standard InChI is InChI=1S/C22H18N2O6/c1-2-22(27)7-19(25)28-9-13-14(22)5-16-20-12(8-24(16)21(13)26)3-11-4-17-18(30-10-29-17)6-15(11)23-20/h3-6,27H,2,7-10H2,1H3. The Kier molecular flexibility index (Phi) is 3.39. The van der Waals surface area contributed by atoms with Gasteiger partial charge in [-0.3, -0.25) is 9.59 Å². The highest BCUT2D eigenvalue weighted by Crippen LogP contribution is 2.41. The molecule has 2 aromatic heterocycles. The van der Waals surface area contributed by atoms with Crippen LogP contribution >= 0.6 is 0 Å². The summed E-state index contributed by atoms with van der Waals surface area (Å²) in [6, 6.07) is 7.52. The lowest BCUT2D eigenvalue weighted by molar-refractivity contribution is -0.149. The number of rotatable bonds is 1. The molecule has 0 bridgehead atoms. The number of fused-ring (bicyclic) bond motifs is 6. The summed E-state index contributed by atoms with van der Waals surface area (Å²) in [5, 5.41) is 12.1. The molecule has 3 aromatic rings. The molecule has 5 heterocycles. The number of carbonyl (C=O) groups excluding carboxylic acids is 1. The molecule has 3 aliphatic heterocycles. The first-order chi connectivity index (χ1) is 14.5. The fourth-order valence-electron chi connectivity index (χ4n) is 4.57. The maximum absolute atomic E-state index is 13.3. The number of ether oxygens (including phenoxy) is 3. The summed E-state index contributed by atoms with van der Waals surface area (Å²) in [5.41, 5.74) is 2.04. The van der Waals surface area contributed by atoms with Crippen molar-refractivity contribution in [3.8, 4) is 22.9 Å². The van der Waals surface area contributed by atoms with Crippen molar-refractivity contribution in [1.29, 1.82) is 0 Å². The van der Waals surface area contributed by atoms with Gasteiger partial charge in [-0.05, 0) is 30.2 Å². The van der Waals surface area contributed by atoms with E-state index in [-0.39, 0.29) is 25.4 Å². The molecule has 0 fully saturated rings. The molecule has 0 saturated heterocycles. The number of nitrogens with zero attached hydrogens (tertiary/aromatic N) is 2. The lowest BCUT2D eigenvalue weighted by atomic mass is 9.85. The van der Waals surface area contributed by atoms with Gasteiger partial charge < -0.3 is 23.9 Å². The second kappa shape index (κ2) is 5.82. The Morgan fingerprint density at radius 3 is 2.73 bits per heavy atom. The van der Waals surface area contributed by atoms with Crippen molar-refractivity contribution < 1.29 is 24.1 Å². The number of esters is 1. The van der Waals surface area contributed by atoms with Crippen LogP contribution in [0.15, 0.2) is 29.1 Å². The van der Waals surface area contributed by atoms with E-state index in [9.17, 15) is 14.7 Å². The Hall–Kier alpha value is -3.39. The van der Waals surface area contributed by atoms with Crippen LogP contribution in [-0.4, -0.2) is 27.4 Å². The van der Waals surface area contributed by atoms with Crippen molar-refractivity contribution in [2.45, 2.75) is 38.5 Å². The lowest BCUT2D eigenvalue weighted by Gasteiger charge is -2.26. The second-order valence-corrected chi connectivity index (χ2v) is 7.93. The minimum Gasteiger partial charge on any atom is -0.460 e. The van der Waals surface area contributed by atoms with Gasteiger partial charge in [0.05, 0.1) is 35.4 Å². The molecule has 0 amide bonds. The predicted molar refractivity (Wildman–Crippen MR) is 105 cm³/mol. The third kappa shape index (κ3) is 2.28. The number of cyclic esters (lactones) is 1. The molecule has 8 nitrogen and oxygen atoms in total. The molecule has 0 aliphatic carbocycles. The minimum absolute atomic E-state index is 0.136. The molecule has 1 unspecified atom stereocenters. The van der Waals surface area contributed by atoms with E-state index >= 15 is 0 Å². The van der Waals surface area contributed by atoms with Crippen LogP contribution in [0.1, 0.15) is 36.5 Å². The lowest BCUT2D eigenvalue weighted by Crippen LogP contribution is -2.32. The summed E-state index contributed by atoms with van der Waals surface area (Å²) in [5.74, 6) is 0.808. The second-order valence-electron chi connectivity index (χ2n) is 7.93. The van der Waals surface area contributed by atoms with Crippen LogP contribution in [0.5, 0.6) is 11.5 Å². The van der Waals surface area contributed by atoms with Gasteiger partial charge in [-0.1, -0.05) is 6.92 Å². The zero-order chi connectivity index (χ0) is 20.6. The van der Waals surface area contributed by atoms with Crippen LogP contribution in [0.3, 0.4) is 0 Å². The van der Waals surface area contributed by atoms with Crippen LogP contribution in [0, 0.1) is 0 Å². The van der Waals surface area contributed by atoms with Gasteiger partial charge in [-0.15, -0.1) is 0 Å². The predicted octanol–water partition coefficient (Wildman–Crippen LogP) is 2.20. The summed E-state index contributed by atoms with van der Waals surface area (Å²) < 4.78 is 17.7. The Labute approximate surface area is 170 Å². The van der Waals surface area contributed by atoms with Crippen LogP contribution in [0.4, 0.5) is 0 Å². The maximum Gasteiger partial charge on any atom is 0.309 e. The average Bonchev–Trinajstić information content (AvgIpc) is 3.29.